The number of likely N-dealkylation sites (N-methyl/N-ethyl adjacent to an activating group) is 1. The molecule has 32 heavy (non-hydrogen) atoms. The highest BCUT2D eigenvalue weighted by Crippen LogP contribution is 2.33. The van der Waals surface area contributed by atoms with E-state index in [1.807, 2.05) is 18.0 Å². The van der Waals surface area contributed by atoms with Crippen LogP contribution in [0, 0.1) is 11.6 Å². The van der Waals surface area contributed by atoms with Crippen molar-refractivity contribution in [1.29, 1.82) is 0 Å². The van der Waals surface area contributed by atoms with E-state index in [1.54, 1.807) is 12.3 Å². The normalized spacial score (nSPS) is 21.7. The number of aliphatic imine (C=N–C) groups is 1. The minimum Gasteiger partial charge on any atom is -0.350 e. The fourth-order valence-corrected chi connectivity index (χ4v) is 4.77. The van der Waals surface area contributed by atoms with Crippen molar-refractivity contribution in [3.8, 4) is 0 Å². The maximum Gasteiger partial charge on any atom is 0.264 e. The van der Waals surface area contributed by atoms with Gasteiger partial charge in [0, 0.05) is 49.2 Å². The maximum absolute atomic E-state index is 14.1. The first-order valence-electron chi connectivity index (χ1n) is 10.1. The van der Waals surface area contributed by atoms with Crippen LogP contribution in [0.5, 0.6) is 0 Å². The number of ether oxygens (including phenoxy) is 1. The number of amides is 1. The number of carbonyl (C=O) groups is 1. The summed E-state index contributed by atoms with van der Waals surface area (Å²) in [6.45, 7) is 2.80. The molecule has 1 unspecified atom stereocenters. The lowest BCUT2D eigenvalue weighted by molar-refractivity contribution is 0.00484. The fourth-order valence-electron chi connectivity index (χ4n) is 3.58. The third-order valence-corrected chi connectivity index (χ3v) is 7.10. The van der Waals surface area contributed by atoms with Gasteiger partial charge in [-0.25, -0.2) is 8.78 Å². The Labute approximate surface area is 193 Å². The van der Waals surface area contributed by atoms with Crippen molar-refractivity contribution in [2.75, 3.05) is 33.2 Å². The zero-order valence-electron chi connectivity index (χ0n) is 17.5. The topological polar surface area (TPSA) is 71.2 Å². The van der Waals surface area contributed by atoms with Crippen molar-refractivity contribution in [1.82, 2.24) is 9.80 Å². The molecule has 1 aromatic carbocycles. The van der Waals surface area contributed by atoms with E-state index in [-0.39, 0.29) is 29.5 Å². The minimum atomic E-state index is -1.32. The third kappa shape index (κ3) is 4.92. The Morgan fingerprint density at radius 3 is 2.69 bits per heavy atom. The van der Waals surface area contributed by atoms with E-state index in [0.29, 0.717) is 18.0 Å². The predicted molar refractivity (Wildman–Crippen MR) is 122 cm³/mol. The molecule has 0 radical (unpaired) electrons. The van der Waals surface area contributed by atoms with Gasteiger partial charge >= 0.3 is 0 Å². The molecule has 2 aromatic rings. The van der Waals surface area contributed by atoms with Crippen LogP contribution < -0.4 is 5.73 Å². The summed E-state index contributed by atoms with van der Waals surface area (Å²) in [5, 5.41) is -0.331. The summed E-state index contributed by atoms with van der Waals surface area (Å²) in [4.78, 5) is 22.6. The molecule has 1 amide bonds. The maximum atomic E-state index is 14.1. The number of halogens is 3. The molecule has 1 atom stereocenters. The van der Waals surface area contributed by atoms with Crippen LogP contribution in [0.3, 0.4) is 0 Å². The summed E-state index contributed by atoms with van der Waals surface area (Å²) in [6.07, 6.45) is 3.35. The molecule has 2 N–H and O–H groups in total. The van der Waals surface area contributed by atoms with E-state index in [0.717, 1.165) is 35.7 Å². The molecule has 0 aliphatic carbocycles. The van der Waals surface area contributed by atoms with Crippen LogP contribution in [0.4, 0.5) is 8.78 Å². The van der Waals surface area contributed by atoms with Gasteiger partial charge in [-0.1, -0.05) is 11.6 Å². The largest absolute Gasteiger partial charge is 0.350 e. The lowest BCUT2D eigenvalue weighted by Crippen LogP contribution is -2.46. The first-order valence-corrected chi connectivity index (χ1v) is 11.3. The van der Waals surface area contributed by atoms with Gasteiger partial charge in [-0.05, 0) is 36.9 Å². The molecule has 3 heterocycles. The monoisotopic (exact) mass is 480 g/mol. The second kappa shape index (κ2) is 9.36. The van der Waals surface area contributed by atoms with E-state index >= 15 is 0 Å². The number of hydrogen-bond donors (Lipinski definition) is 1. The van der Waals surface area contributed by atoms with Gasteiger partial charge in [-0.15, -0.1) is 11.3 Å². The van der Waals surface area contributed by atoms with Crippen LogP contribution in [0.25, 0.3) is 5.57 Å². The van der Waals surface area contributed by atoms with Crippen molar-refractivity contribution < 1.29 is 18.3 Å². The highest BCUT2D eigenvalue weighted by Gasteiger charge is 2.30. The van der Waals surface area contributed by atoms with Gasteiger partial charge in [0.25, 0.3) is 5.91 Å². The van der Waals surface area contributed by atoms with Gasteiger partial charge < -0.3 is 14.5 Å². The summed E-state index contributed by atoms with van der Waals surface area (Å²) in [6, 6.07) is 5.62. The van der Waals surface area contributed by atoms with Gasteiger partial charge in [-0.3, -0.25) is 15.5 Å². The van der Waals surface area contributed by atoms with E-state index in [4.69, 9.17) is 22.1 Å². The molecule has 0 bridgehead atoms. The number of nitrogens with two attached hydrogens (primary N) is 1. The molecular formula is C22H23ClF2N4O2S. The smallest absolute Gasteiger partial charge is 0.264 e. The number of thiophene rings is 1. The molecule has 4 rings (SSSR count). The molecular weight excluding hydrogens is 458 g/mol. The molecule has 1 fully saturated rings. The Bertz CT molecular complexity index is 1080. The number of nitrogens with zero attached hydrogens (tertiary/aromatic N) is 3. The summed E-state index contributed by atoms with van der Waals surface area (Å²) in [5.41, 5.74) is 5.70. The van der Waals surface area contributed by atoms with Crippen molar-refractivity contribution in [2.45, 2.75) is 18.8 Å². The minimum absolute atomic E-state index is 0.0146. The zero-order valence-corrected chi connectivity index (χ0v) is 19.1. The Morgan fingerprint density at radius 1 is 1.22 bits per heavy atom. The average Bonchev–Trinajstić information content (AvgIpc) is 3.27. The van der Waals surface area contributed by atoms with Crippen LogP contribution in [0.15, 0.2) is 35.5 Å². The molecule has 10 heteroatoms. The van der Waals surface area contributed by atoms with Gasteiger partial charge in [-0.2, -0.15) is 0 Å². The summed E-state index contributed by atoms with van der Waals surface area (Å²) >= 11 is 7.25. The first-order chi connectivity index (χ1) is 15.3. The number of carbonyl (C=O) groups excluding carboxylic acids is 1. The molecule has 0 saturated carbocycles. The van der Waals surface area contributed by atoms with Gasteiger partial charge in [0.05, 0.1) is 22.7 Å². The summed E-state index contributed by atoms with van der Waals surface area (Å²) < 4.78 is 33.4. The lowest BCUT2D eigenvalue weighted by atomic mass is 10.0. The highest BCUT2D eigenvalue weighted by molar-refractivity contribution is 7.15. The van der Waals surface area contributed by atoms with Crippen molar-refractivity contribution in [3.63, 3.8) is 0 Å². The number of benzene rings is 1. The fraction of sp³-hybridized carbons (Fsp3) is 0.364. The molecule has 2 aliphatic heterocycles. The standard InChI is InChI=1S/C22H23ClF2N4O2S/c1-28-6-8-29(9-7-28)21(30)19-5-4-18(32-19)14-10-22(26,13-27-11-14)31-12-15-16(24)2-3-17(25)20(15)23/h2-5,11,13H,6-10,12,26H2,1H3. The van der Waals surface area contributed by atoms with Crippen LogP contribution >= 0.6 is 22.9 Å². The predicted octanol–water partition coefficient (Wildman–Crippen LogP) is 3.75. The Morgan fingerprint density at radius 2 is 1.94 bits per heavy atom. The van der Waals surface area contributed by atoms with E-state index in [2.05, 4.69) is 9.89 Å². The molecule has 2 aliphatic rings. The lowest BCUT2D eigenvalue weighted by Gasteiger charge is -2.32. The van der Waals surface area contributed by atoms with E-state index in [9.17, 15) is 13.6 Å². The quantitative estimate of drug-likeness (QED) is 0.522. The van der Waals surface area contributed by atoms with Crippen molar-refractivity contribution in [3.05, 3.63) is 62.4 Å². The van der Waals surface area contributed by atoms with Crippen LogP contribution in [0.1, 0.15) is 26.5 Å². The van der Waals surface area contributed by atoms with Crippen LogP contribution in [-0.2, 0) is 11.3 Å². The van der Waals surface area contributed by atoms with Gasteiger partial charge in [0.1, 0.15) is 11.6 Å². The van der Waals surface area contributed by atoms with E-state index < -0.39 is 17.4 Å². The number of rotatable bonds is 5. The Kier molecular flexibility index (Phi) is 6.73. The summed E-state index contributed by atoms with van der Waals surface area (Å²) in [7, 11) is 2.04. The second-order valence-electron chi connectivity index (χ2n) is 7.93. The SMILES string of the molecule is CN1CCN(C(=O)c2ccc(C3=CN=CC(N)(OCc4c(F)ccc(F)c4Cl)C3)s2)CC1. The van der Waals surface area contributed by atoms with Crippen molar-refractivity contribution in [2.24, 2.45) is 10.7 Å². The molecule has 1 saturated heterocycles. The zero-order chi connectivity index (χ0) is 22.9. The summed E-state index contributed by atoms with van der Waals surface area (Å²) in [5.74, 6) is -1.39. The average molecular weight is 481 g/mol. The van der Waals surface area contributed by atoms with Gasteiger partial charge in [0.2, 0.25) is 0 Å². The number of hydrogen-bond acceptors (Lipinski definition) is 6. The van der Waals surface area contributed by atoms with E-state index in [1.165, 1.54) is 17.6 Å². The second-order valence-corrected chi connectivity index (χ2v) is 9.40. The third-order valence-electron chi connectivity index (χ3n) is 5.54. The number of piperazine rings is 1. The Balaban J connectivity index is 1.43. The highest BCUT2D eigenvalue weighted by atomic mass is 35.5. The van der Waals surface area contributed by atoms with Crippen LogP contribution in [-0.4, -0.2) is 60.9 Å². The van der Waals surface area contributed by atoms with Crippen LogP contribution in [0.2, 0.25) is 5.02 Å². The first kappa shape index (κ1) is 23.0. The van der Waals surface area contributed by atoms with Gasteiger partial charge in [0.15, 0.2) is 5.72 Å². The molecule has 1 aromatic heterocycles. The molecule has 170 valence electrons. The molecule has 6 nitrogen and oxygen atoms in total. The molecule has 0 spiro atoms. The Hall–Kier alpha value is -2.17. The van der Waals surface area contributed by atoms with Crippen molar-refractivity contribution >= 4 is 40.6 Å².